The van der Waals surface area contributed by atoms with E-state index in [1.54, 1.807) is 0 Å². The molecule has 0 radical (unpaired) electrons. The average molecular weight is 270 g/mol. The van der Waals surface area contributed by atoms with Crippen LogP contribution in [0.25, 0.3) is 11.1 Å². The van der Waals surface area contributed by atoms with Crippen molar-refractivity contribution in [3.05, 3.63) is 54.6 Å². The molecule has 0 amide bonds. The van der Waals surface area contributed by atoms with Crippen molar-refractivity contribution in [1.29, 1.82) is 0 Å². The Bertz CT molecular complexity index is 508. The summed E-state index contributed by atoms with van der Waals surface area (Å²) in [5.74, 6) is 0.907. The summed E-state index contributed by atoms with van der Waals surface area (Å²) in [6, 6.07) is 18.3. The third-order valence-corrected chi connectivity index (χ3v) is 3.38. The third kappa shape index (κ3) is 4.10. The van der Waals surface area contributed by atoms with E-state index in [-0.39, 0.29) is 6.10 Å². The van der Waals surface area contributed by atoms with E-state index in [1.807, 2.05) is 43.3 Å². The summed E-state index contributed by atoms with van der Waals surface area (Å²) in [5, 5.41) is 9.53. The molecule has 0 saturated carbocycles. The highest BCUT2D eigenvalue weighted by Crippen LogP contribution is 2.29. The van der Waals surface area contributed by atoms with Gasteiger partial charge in [0.1, 0.15) is 5.75 Å². The van der Waals surface area contributed by atoms with Gasteiger partial charge in [0.05, 0.1) is 12.7 Å². The predicted octanol–water partition coefficient (Wildman–Crippen LogP) is 4.28. The molecule has 1 unspecified atom stereocenters. The van der Waals surface area contributed by atoms with Gasteiger partial charge >= 0.3 is 0 Å². The van der Waals surface area contributed by atoms with Gasteiger partial charge in [-0.1, -0.05) is 55.5 Å². The van der Waals surface area contributed by atoms with Crippen LogP contribution < -0.4 is 4.74 Å². The Labute approximate surface area is 121 Å². The second-order valence-electron chi connectivity index (χ2n) is 4.91. The van der Waals surface area contributed by atoms with Crippen molar-refractivity contribution in [1.82, 2.24) is 0 Å². The minimum Gasteiger partial charge on any atom is -0.493 e. The highest BCUT2D eigenvalue weighted by atomic mass is 16.5. The Morgan fingerprint density at radius 3 is 2.45 bits per heavy atom. The Balaban J connectivity index is 1.99. The summed E-state index contributed by atoms with van der Waals surface area (Å²) in [6.07, 6.45) is 2.27. The Kier molecular flexibility index (Phi) is 5.63. The van der Waals surface area contributed by atoms with Crippen molar-refractivity contribution in [2.45, 2.75) is 32.3 Å². The molecular weight excluding hydrogens is 248 g/mol. The normalized spacial score (nSPS) is 12.1. The van der Waals surface area contributed by atoms with E-state index in [9.17, 15) is 5.11 Å². The second kappa shape index (κ2) is 7.71. The number of aliphatic hydroxyl groups is 1. The molecule has 0 aliphatic heterocycles. The van der Waals surface area contributed by atoms with Gasteiger partial charge in [0.2, 0.25) is 0 Å². The van der Waals surface area contributed by atoms with Crippen molar-refractivity contribution in [2.24, 2.45) is 0 Å². The number of hydrogen-bond donors (Lipinski definition) is 1. The first kappa shape index (κ1) is 14.6. The fourth-order valence-electron chi connectivity index (χ4n) is 2.15. The molecule has 0 fully saturated rings. The minimum atomic E-state index is -0.206. The molecule has 0 saturated heterocycles. The van der Waals surface area contributed by atoms with Crippen LogP contribution >= 0.6 is 0 Å². The standard InChI is InChI=1S/C18H22O2/c1-2-16(19)11-8-14-20-18-13-7-6-12-17(18)15-9-4-3-5-10-15/h3-7,9-10,12-13,16,19H,2,8,11,14H2,1H3. The number of aliphatic hydroxyl groups excluding tert-OH is 1. The van der Waals surface area contributed by atoms with Gasteiger partial charge in [-0.15, -0.1) is 0 Å². The summed E-state index contributed by atoms with van der Waals surface area (Å²) < 4.78 is 5.88. The zero-order valence-electron chi connectivity index (χ0n) is 12.0. The molecule has 0 aromatic heterocycles. The van der Waals surface area contributed by atoms with Crippen molar-refractivity contribution >= 4 is 0 Å². The molecule has 0 bridgehead atoms. The van der Waals surface area contributed by atoms with E-state index in [0.717, 1.165) is 36.1 Å². The van der Waals surface area contributed by atoms with E-state index < -0.39 is 0 Å². The van der Waals surface area contributed by atoms with Crippen LogP contribution in [0.3, 0.4) is 0 Å². The van der Waals surface area contributed by atoms with Crippen LogP contribution in [0.4, 0.5) is 0 Å². The van der Waals surface area contributed by atoms with Gasteiger partial charge in [-0.25, -0.2) is 0 Å². The average Bonchev–Trinajstić information content (AvgIpc) is 2.52. The third-order valence-electron chi connectivity index (χ3n) is 3.38. The van der Waals surface area contributed by atoms with E-state index in [0.29, 0.717) is 6.61 Å². The lowest BCUT2D eigenvalue weighted by Crippen LogP contribution is -2.07. The van der Waals surface area contributed by atoms with Gasteiger partial charge in [-0.05, 0) is 30.9 Å². The van der Waals surface area contributed by atoms with E-state index in [1.165, 1.54) is 0 Å². The van der Waals surface area contributed by atoms with Crippen LogP contribution in [0.2, 0.25) is 0 Å². The molecule has 2 aromatic rings. The highest BCUT2D eigenvalue weighted by Gasteiger charge is 2.06. The monoisotopic (exact) mass is 270 g/mol. The fourth-order valence-corrected chi connectivity index (χ4v) is 2.15. The number of para-hydroxylation sites is 1. The van der Waals surface area contributed by atoms with Crippen molar-refractivity contribution in [3.8, 4) is 16.9 Å². The predicted molar refractivity (Wildman–Crippen MR) is 82.9 cm³/mol. The number of rotatable bonds is 7. The lowest BCUT2D eigenvalue weighted by molar-refractivity contribution is 0.149. The van der Waals surface area contributed by atoms with Crippen LogP contribution in [-0.2, 0) is 0 Å². The summed E-state index contributed by atoms with van der Waals surface area (Å²) in [5.41, 5.74) is 2.28. The Morgan fingerprint density at radius 1 is 1.00 bits per heavy atom. The number of hydrogen-bond acceptors (Lipinski definition) is 2. The number of ether oxygens (including phenoxy) is 1. The lowest BCUT2D eigenvalue weighted by Gasteiger charge is -2.12. The molecule has 106 valence electrons. The van der Waals surface area contributed by atoms with Crippen LogP contribution in [0, 0.1) is 0 Å². The van der Waals surface area contributed by atoms with E-state index in [4.69, 9.17) is 4.74 Å². The smallest absolute Gasteiger partial charge is 0.127 e. The second-order valence-corrected chi connectivity index (χ2v) is 4.91. The summed E-state index contributed by atoms with van der Waals surface area (Å²) in [4.78, 5) is 0. The fraction of sp³-hybridized carbons (Fsp3) is 0.333. The van der Waals surface area contributed by atoms with Gasteiger partial charge in [-0.2, -0.15) is 0 Å². The Morgan fingerprint density at radius 2 is 1.70 bits per heavy atom. The summed E-state index contributed by atoms with van der Waals surface area (Å²) in [6.45, 7) is 2.64. The maximum Gasteiger partial charge on any atom is 0.127 e. The van der Waals surface area contributed by atoms with Crippen LogP contribution in [-0.4, -0.2) is 17.8 Å². The molecule has 2 rings (SSSR count). The molecule has 0 aliphatic carbocycles. The molecule has 2 nitrogen and oxygen atoms in total. The maximum absolute atomic E-state index is 9.53. The zero-order valence-corrected chi connectivity index (χ0v) is 12.0. The van der Waals surface area contributed by atoms with Crippen molar-refractivity contribution < 1.29 is 9.84 Å². The summed E-state index contributed by atoms with van der Waals surface area (Å²) >= 11 is 0. The molecular formula is C18H22O2. The molecule has 0 spiro atoms. The van der Waals surface area contributed by atoms with E-state index in [2.05, 4.69) is 18.2 Å². The van der Waals surface area contributed by atoms with Gasteiger partial charge in [-0.3, -0.25) is 0 Å². The lowest BCUT2D eigenvalue weighted by atomic mass is 10.0. The minimum absolute atomic E-state index is 0.206. The van der Waals surface area contributed by atoms with Gasteiger partial charge in [0, 0.05) is 5.56 Å². The summed E-state index contributed by atoms with van der Waals surface area (Å²) in [7, 11) is 0. The SMILES string of the molecule is CCC(O)CCCOc1ccccc1-c1ccccc1. The highest BCUT2D eigenvalue weighted by molar-refractivity contribution is 5.70. The largest absolute Gasteiger partial charge is 0.493 e. The first-order chi connectivity index (χ1) is 9.81. The topological polar surface area (TPSA) is 29.5 Å². The first-order valence-corrected chi connectivity index (χ1v) is 7.26. The quantitative estimate of drug-likeness (QED) is 0.761. The molecule has 1 N–H and O–H groups in total. The molecule has 0 aliphatic rings. The van der Waals surface area contributed by atoms with Gasteiger partial charge < -0.3 is 9.84 Å². The number of benzene rings is 2. The molecule has 2 heteroatoms. The van der Waals surface area contributed by atoms with Gasteiger partial charge in [0.15, 0.2) is 0 Å². The van der Waals surface area contributed by atoms with Crippen molar-refractivity contribution in [2.75, 3.05) is 6.61 Å². The Hall–Kier alpha value is -1.80. The van der Waals surface area contributed by atoms with Crippen LogP contribution in [0.1, 0.15) is 26.2 Å². The van der Waals surface area contributed by atoms with Crippen molar-refractivity contribution in [3.63, 3.8) is 0 Å². The van der Waals surface area contributed by atoms with E-state index >= 15 is 0 Å². The first-order valence-electron chi connectivity index (χ1n) is 7.26. The maximum atomic E-state index is 9.53. The van der Waals surface area contributed by atoms with Crippen LogP contribution in [0.15, 0.2) is 54.6 Å². The molecule has 20 heavy (non-hydrogen) atoms. The molecule has 2 aromatic carbocycles. The molecule has 0 heterocycles. The van der Waals surface area contributed by atoms with Gasteiger partial charge in [0.25, 0.3) is 0 Å². The zero-order chi connectivity index (χ0) is 14.2. The van der Waals surface area contributed by atoms with Crippen LogP contribution in [0.5, 0.6) is 5.75 Å². The molecule has 1 atom stereocenters.